The maximum atomic E-state index is 13.9. The third kappa shape index (κ3) is 3.58. The molecule has 2 aromatic carbocycles. The zero-order valence-corrected chi connectivity index (χ0v) is 18.7. The number of likely N-dealkylation sites (tertiary alicyclic amines) is 1. The van der Waals surface area contributed by atoms with Crippen molar-refractivity contribution in [3.63, 3.8) is 0 Å². The smallest absolute Gasteiger partial charge is 0.125 e. The molecule has 5 nitrogen and oxygen atoms in total. The summed E-state index contributed by atoms with van der Waals surface area (Å²) in [6, 6.07) is 13.2. The second-order valence-corrected chi connectivity index (χ2v) is 10.1. The Hall–Kier alpha value is -1.80. The van der Waals surface area contributed by atoms with Gasteiger partial charge in [-0.05, 0) is 63.2 Å². The molecule has 0 aliphatic carbocycles. The number of halogens is 2. The minimum Gasteiger partial charge on any atom is -0.296 e. The van der Waals surface area contributed by atoms with Gasteiger partial charge in [-0.15, -0.1) is 0 Å². The predicted molar refractivity (Wildman–Crippen MR) is 122 cm³/mol. The zero-order valence-electron chi connectivity index (χ0n) is 17.1. The Labute approximate surface area is 185 Å². The number of benzene rings is 2. The van der Waals surface area contributed by atoms with Gasteiger partial charge >= 0.3 is 0 Å². The number of likely N-dealkylation sites (N-methyl/N-ethyl adjacent to an activating group) is 1. The van der Waals surface area contributed by atoms with Gasteiger partial charge in [-0.2, -0.15) is 5.10 Å². The van der Waals surface area contributed by atoms with Crippen LogP contribution in [0.4, 0.5) is 10.1 Å². The number of fused-ring (bicyclic) bond motifs is 1. The summed E-state index contributed by atoms with van der Waals surface area (Å²) in [5.41, 5.74) is 3.00. The molecule has 30 heavy (non-hydrogen) atoms. The van der Waals surface area contributed by atoms with Crippen LogP contribution < -0.4 is 4.31 Å². The lowest BCUT2D eigenvalue weighted by Crippen LogP contribution is -2.56. The summed E-state index contributed by atoms with van der Waals surface area (Å²) in [6.07, 6.45) is 2.05. The molecule has 158 valence electrons. The fourth-order valence-electron chi connectivity index (χ4n) is 4.93. The minimum atomic E-state index is -0.187. The largest absolute Gasteiger partial charge is 0.296 e. The van der Waals surface area contributed by atoms with Gasteiger partial charge in [0, 0.05) is 48.2 Å². The number of nitrogens with zero attached hydrogens (tertiary/aromatic N) is 4. The molecule has 1 N–H and O–H groups in total. The van der Waals surface area contributed by atoms with E-state index in [0.717, 1.165) is 59.8 Å². The van der Waals surface area contributed by atoms with Gasteiger partial charge in [0.15, 0.2) is 0 Å². The lowest BCUT2D eigenvalue weighted by atomic mass is 9.82. The molecule has 3 aromatic rings. The van der Waals surface area contributed by atoms with Gasteiger partial charge in [0.05, 0.1) is 22.4 Å². The molecular formula is C22H25ClFN5S. The maximum Gasteiger partial charge on any atom is 0.125 e. The summed E-state index contributed by atoms with van der Waals surface area (Å²) in [5, 5.41) is 9.45. The van der Waals surface area contributed by atoms with Gasteiger partial charge in [0.1, 0.15) is 5.82 Å². The number of aromatic nitrogens is 2. The van der Waals surface area contributed by atoms with E-state index >= 15 is 0 Å². The fourth-order valence-corrected chi connectivity index (χ4v) is 6.29. The summed E-state index contributed by atoms with van der Waals surface area (Å²) < 4.78 is 18.5. The summed E-state index contributed by atoms with van der Waals surface area (Å²) in [5.74, 6) is -0.187. The van der Waals surface area contributed by atoms with E-state index in [2.05, 4.69) is 37.7 Å². The van der Waals surface area contributed by atoms with Crippen LogP contribution in [0.1, 0.15) is 25.5 Å². The van der Waals surface area contributed by atoms with Crippen molar-refractivity contribution in [2.45, 2.75) is 37.9 Å². The van der Waals surface area contributed by atoms with Crippen molar-refractivity contribution in [1.29, 1.82) is 0 Å². The number of rotatable bonds is 3. The summed E-state index contributed by atoms with van der Waals surface area (Å²) in [4.78, 5) is 2.51. The summed E-state index contributed by atoms with van der Waals surface area (Å²) in [6.45, 7) is 5.05. The van der Waals surface area contributed by atoms with Gasteiger partial charge < -0.3 is 0 Å². The van der Waals surface area contributed by atoms with Crippen LogP contribution in [-0.2, 0) is 6.54 Å². The molecule has 3 heterocycles. The Bertz CT molecular complexity index is 1070. The second kappa shape index (κ2) is 7.71. The Morgan fingerprint density at radius 1 is 1.30 bits per heavy atom. The van der Waals surface area contributed by atoms with Crippen LogP contribution in [0.2, 0.25) is 5.02 Å². The highest BCUT2D eigenvalue weighted by atomic mass is 35.5. The van der Waals surface area contributed by atoms with Gasteiger partial charge in [-0.1, -0.05) is 17.7 Å². The number of hydrogen-bond acceptors (Lipinski definition) is 5. The Morgan fingerprint density at radius 3 is 2.97 bits per heavy atom. The van der Waals surface area contributed by atoms with Gasteiger partial charge in [-0.3, -0.25) is 14.3 Å². The first-order chi connectivity index (χ1) is 14.4. The Kier molecular flexibility index (Phi) is 5.17. The molecule has 2 atom stereocenters. The molecule has 5 rings (SSSR count). The van der Waals surface area contributed by atoms with Crippen LogP contribution in [0.3, 0.4) is 0 Å². The normalized spacial score (nSPS) is 25.6. The molecule has 0 unspecified atom stereocenters. The number of piperidine rings is 1. The van der Waals surface area contributed by atoms with Crippen molar-refractivity contribution in [1.82, 2.24) is 19.4 Å². The minimum absolute atomic E-state index is 0.00247. The van der Waals surface area contributed by atoms with Gasteiger partial charge in [-0.25, -0.2) is 8.70 Å². The standard InChI is InChI=1S/C22H25ClFN5S/c1-15-12-22(14-27(2)30-29(22)18-5-3-4-17(24)11-18)8-9-28(15)13-21-19-10-16(23)6-7-20(19)25-26-21/h3-7,10-11,15H,8-9,12-14H2,1-2H3,(H,25,26)/t15-,22+/m0/s1. The van der Waals surface area contributed by atoms with Crippen molar-refractivity contribution in [3.8, 4) is 0 Å². The Morgan fingerprint density at radius 2 is 2.17 bits per heavy atom. The van der Waals surface area contributed by atoms with Crippen LogP contribution in [0.15, 0.2) is 42.5 Å². The highest BCUT2D eigenvalue weighted by molar-refractivity contribution is 7.98. The van der Waals surface area contributed by atoms with E-state index in [0.29, 0.717) is 6.04 Å². The molecule has 2 aliphatic heterocycles. The molecule has 1 aromatic heterocycles. The van der Waals surface area contributed by atoms with Gasteiger partial charge in [0.2, 0.25) is 0 Å². The van der Waals surface area contributed by atoms with E-state index in [1.54, 1.807) is 24.3 Å². The predicted octanol–water partition coefficient (Wildman–Crippen LogP) is 5.09. The van der Waals surface area contributed by atoms with Crippen LogP contribution in [0.25, 0.3) is 10.9 Å². The number of H-pyrrole nitrogens is 1. The number of hydrogen-bond donors (Lipinski definition) is 1. The monoisotopic (exact) mass is 445 g/mol. The third-order valence-corrected chi connectivity index (χ3v) is 7.74. The topological polar surface area (TPSA) is 38.4 Å². The van der Waals surface area contributed by atoms with Crippen molar-refractivity contribution >= 4 is 40.3 Å². The number of anilines is 1. The number of nitrogens with one attached hydrogen (secondary N) is 1. The van der Waals surface area contributed by atoms with Crippen molar-refractivity contribution in [2.24, 2.45) is 0 Å². The first kappa shape index (κ1) is 20.1. The van der Waals surface area contributed by atoms with Crippen LogP contribution in [-0.4, -0.2) is 51.1 Å². The lowest BCUT2D eigenvalue weighted by molar-refractivity contribution is 0.0996. The average molecular weight is 446 g/mol. The quantitative estimate of drug-likeness (QED) is 0.568. The molecule has 2 aliphatic rings. The summed E-state index contributed by atoms with van der Waals surface area (Å²) in [7, 11) is 2.11. The Balaban J connectivity index is 1.37. The van der Waals surface area contributed by atoms with E-state index in [9.17, 15) is 4.39 Å². The fraction of sp³-hybridized carbons (Fsp3) is 0.409. The molecule has 0 saturated carbocycles. The molecule has 1 spiro atoms. The lowest BCUT2D eigenvalue weighted by Gasteiger charge is -2.47. The molecule has 2 fully saturated rings. The van der Waals surface area contributed by atoms with Gasteiger partial charge in [0.25, 0.3) is 0 Å². The van der Waals surface area contributed by atoms with Crippen molar-refractivity contribution in [2.75, 3.05) is 24.4 Å². The summed E-state index contributed by atoms with van der Waals surface area (Å²) >= 11 is 7.90. The van der Waals surface area contributed by atoms with E-state index in [4.69, 9.17) is 11.6 Å². The van der Waals surface area contributed by atoms with E-state index < -0.39 is 0 Å². The first-order valence-corrected chi connectivity index (χ1v) is 11.4. The molecule has 8 heteroatoms. The highest BCUT2D eigenvalue weighted by Gasteiger charge is 2.49. The molecular weight excluding hydrogens is 421 g/mol. The van der Waals surface area contributed by atoms with Crippen LogP contribution in [0, 0.1) is 5.82 Å². The highest BCUT2D eigenvalue weighted by Crippen LogP contribution is 2.46. The van der Waals surface area contributed by atoms with E-state index in [-0.39, 0.29) is 11.4 Å². The van der Waals surface area contributed by atoms with Crippen LogP contribution >= 0.6 is 23.7 Å². The number of aromatic amines is 1. The maximum absolute atomic E-state index is 13.9. The molecule has 2 saturated heterocycles. The molecule has 0 amide bonds. The average Bonchev–Trinajstić information content (AvgIpc) is 3.24. The molecule has 0 radical (unpaired) electrons. The van der Waals surface area contributed by atoms with E-state index in [1.165, 1.54) is 6.07 Å². The van der Waals surface area contributed by atoms with E-state index in [1.807, 2.05) is 24.3 Å². The van der Waals surface area contributed by atoms with Crippen molar-refractivity contribution < 1.29 is 4.39 Å². The molecule has 0 bridgehead atoms. The van der Waals surface area contributed by atoms with Crippen molar-refractivity contribution in [3.05, 3.63) is 59.0 Å². The second-order valence-electron chi connectivity index (χ2n) is 8.50. The SMILES string of the molecule is C[C@H]1C[C@]2(CCN1Cc1[nH]nc3ccc(Cl)cc13)CN(C)SN2c1cccc(F)c1. The third-order valence-electron chi connectivity index (χ3n) is 6.33. The zero-order chi connectivity index (χ0) is 20.9. The van der Waals surface area contributed by atoms with Crippen LogP contribution in [0.5, 0.6) is 0 Å². The first-order valence-electron chi connectivity index (χ1n) is 10.3.